The average molecular weight is 204 g/mol. The quantitative estimate of drug-likeness (QED) is 0.819. The molecule has 2 nitrogen and oxygen atoms in total. The number of pyridine rings is 1. The third-order valence-corrected chi connectivity index (χ3v) is 3.36. The Morgan fingerprint density at radius 3 is 2.93 bits per heavy atom. The average Bonchev–Trinajstić information content (AvgIpc) is 2.65. The van der Waals surface area contributed by atoms with Gasteiger partial charge in [-0.15, -0.1) is 0 Å². The molecule has 1 fully saturated rings. The van der Waals surface area contributed by atoms with E-state index in [0.29, 0.717) is 12.1 Å². The topological polar surface area (TPSA) is 24.9 Å². The number of hydrogen-bond acceptors (Lipinski definition) is 2. The van der Waals surface area contributed by atoms with Crippen molar-refractivity contribution in [2.24, 2.45) is 5.92 Å². The summed E-state index contributed by atoms with van der Waals surface area (Å²) in [7, 11) is 0. The van der Waals surface area contributed by atoms with Crippen LogP contribution in [0.25, 0.3) is 0 Å². The molecule has 0 spiro atoms. The van der Waals surface area contributed by atoms with E-state index >= 15 is 0 Å². The zero-order valence-electron chi connectivity index (χ0n) is 9.61. The van der Waals surface area contributed by atoms with E-state index in [4.69, 9.17) is 0 Å². The summed E-state index contributed by atoms with van der Waals surface area (Å²) in [6.45, 7) is 4.57. The van der Waals surface area contributed by atoms with E-state index in [9.17, 15) is 0 Å². The number of rotatable bonds is 3. The van der Waals surface area contributed by atoms with Crippen LogP contribution < -0.4 is 5.32 Å². The molecule has 2 unspecified atom stereocenters. The van der Waals surface area contributed by atoms with Crippen LogP contribution >= 0.6 is 0 Å². The molecular weight excluding hydrogens is 184 g/mol. The van der Waals surface area contributed by atoms with Gasteiger partial charge in [0.2, 0.25) is 0 Å². The summed E-state index contributed by atoms with van der Waals surface area (Å²) >= 11 is 0. The number of hydrogen-bond donors (Lipinski definition) is 1. The van der Waals surface area contributed by atoms with Crippen LogP contribution in [0.5, 0.6) is 0 Å². The lowest BCUT2D eigenvalue weighted by Gasteiger charge is -2.19. The fraction of sp³-hybridized carbons (Fsp3) is 0.615. The Balaban J connectivity index is 1.90. The normalized spacial score (nSPS) is 27.9. The smallest absolute Gasteiger partial charge is 0.0315 e. The predicted molar refractivity (Wildman–Crippen MR) is 62.6 cm³/mol. The second-order valence-corrected chi connectivity index (χ2v) is 4.79. The highest BCUT2D eigenvalue weighted by molar-refractivity contribution is 5.13. The summed E-state index contributed by atoms with van der Waals surface area (Å²) in [5.74, 6) is 0.892. The molecule has 0 radical (unpaired) electrons. The Morgan fingerprint density at radius 2 is 2.33 bits per heavy atom. The fourth-order valence-corrected chi connectivity index (χ4v) is 2.44. The highest BCUT2D eigenvalue weighted by atomic mass is 15.0. The van der Waals surface area contributed by atoms with E-state index in [1.165, 1.54) is 24.8 Å². The van der Waals surface area contributed by atoms with Gasteiger partial charge in [0.05, 0.1) is 0 Å². The molecule has 0 aromatic carbocycles. The van der Waals surface area contributed by atoms with Crippen molar-refractivity contribution in [1.29, 1.82) is 0 Å². The minimum absolute atomic E-state index is 0.425. The maximum absolute atomic E-state index is 4.16. The second kappa shape index (κ2) is 4.75. The molecule has 0 saturated heterocycles. The molecule has 1 heterocycles. The van der Waals surface area contributed by atoms with E-state index in [2.05, 4.69) is 30.2 Å². The minimum Gasteiger partial charge on any atom is -0.307 e. The predicted octanol–water partition coefficient (Wildman–Crippen LogP) is 2.92. The molecule has 15 heavy (non-hydrogen) atoms. The molecule has 3 atom stereocenters. The van der Waals surface area contributed by atoms with Gasteiger partial charge >= 0.3 is 0 Å². The summed E-state index contributed by atoms with van der Waals surface area (Å²) in [5.41, 5.74) is 1.29. The molecule has 1 aromatic rings. The van der Waals surface area contributed by atoms with Crippen molar-refractivity contribution in [1.82, 2.24) is 10.3 Å². The first-order chi connectivity index (χ1) is 7.25. The van der Waals surface area contributed by atoms with E-state index in [1.54, 1.807) is 0 Å². The van der Waals surface area contributed by atoms with Gasteiger partial charge in [0.15, 0.2) is 0 Å². The lowest BCUT2D eigenvalue weighted by atomic mass is 10.1. The van der Waals surface area contributed by atoms with Crippen LogP contribution in [0, 0.1) is 5.92 Å². The molecule has 2 heteroatoms. The van der Waals surface area contributed by atoms with Crippen molar-refractivity contribution >= 4 is 0 Å². The highest BCUT2D eigenvalue weighted by Gasteiger charge is 2.22. The van der Waals surface area contributed by atoms with Gasteiger partial charge in [0.1, 0.15) is 0 Å². The SMILES string of the molecule is CC1CCC(N[C@H](C)c2cccnc2)C1. The zero-order chi connectivity index (χ0) is 10.7. The van der Waals surface area contributed by atoms with Gasteiger partial charge < -0.3 is 5.32 Å². The summed E-state index contributed by atoms with van der Waals surface area (Å²) in [4.78, 5) is 4.16. The maximum atomic E-state index is 4.16. The van der Waals surface area contributed by atoms with Crippen LogP contribution in [0.1, 0.15) is 44.7 Å². The van der Waals surface area contributed by atoms with Crippen LogP contribution in [0.3, 0.4) is 0 Å². The van der Waals surface area contributed by atoms with E-state index in [0.717, 1.165) is 5.92 Å². The summed E-state index contributed by atoms with van der Waals surface area (Å²) in [5, 5.41) is 3.69. The second-order valence-electron chi connectivity index (χ2n) is 4.79. The van der Waals surface area contributed by atoms with Crippen molar-refractivity contribution in [2.45, 2.75) is 45.2 Å². The van der Waals surface area contributed by atoms with Gasteiger partial charge in [-0.3, -0.25) is 4.98 Å². The highest BCUT2D eigenvalue weighted by Crippen LogP contribution is 2.26. The number of aromatic nitrogens is 1. The van der Waals surface area contributed by atoms with Crippen LogP contribution in [0.2, 0.25) is 0 Å². The van der Waals surface area contributed by atoms with Crippen LogP contribution in [0.4, 0.5) is 0 Å². The van der Waals surface area contributed by atoms with Crippen LogP contribution in [-0.2, 0) is 0 Å². The van der Waals surface area contributed by atoms with Crippen molar-refractivity contribution in [3.63, 3.8) is 0 Å². The molecule has 1 saturated carbocycles. The van der Waals surface area contributed by atoms with Gasteiger partial charge in [-0.2, -0.15) is 0 Å². The Hall–Kier alpha value is -0.890. The third-order valence-electron chi connectivity index (χ3n) is 3.36. The molecule has 82 valence electrons. The molecule has 0 amide bonds. The Bertz CT molecular complexity index is 297. The fourth-order valence-electron chi connectivity index (χ4n) is 2.44. The number of nitrogens with zero attached hydrogens (tertiary/aromatic N) is 1. The van der Waals surface area contributed by atoms with Crippen LogP contribution in [0.15, 0.2) is 24.5 Å². The maximum Gasteiger partial charge on any atom is 0.0315 e. The van der Waals surface area contributed by atoms with E-state index in [-0.39, 0.29) is 0 Å². The minimum atomic E-state index is 0.425. The van der Waals surface area contributed by atoms with Crippen molar-refractivity contribution in [2.75, 3.05) is 0 Å². The Labute approximate surface area is 92.1 Å². The molecule has 1 aliphatic rings. The lowest BCUT2D eigenvalue weighted by molar-refractivity contribution is 0.448. The molecule has 1 aromatic heterocycles. The van der Waals surface area contributed by atoms with Gasteiger partial charge in [-0.05, 0) is 43.7 Å². The Morgan fingerprint density at radius 1 is 1.47 bits per heavy atom. The summed E-state index contributed by atoms with van der Waals surface area (Å²) < 4.78 is 0. The van der Waals surface area contributed by atoms with Crippen LogP contribution in [-0.4, -0.2) is 11.0 Å². The van der Waals surface area contributed by atoms with Crippen molar-refractivity contribution < 1.29 is 0 Å². The summed E-state index contributed by atoms with van der Waals surface area (Å²) in [6, 6.07) is 5.28. The standard InChI is InChI=1S/C13H20N2/c1-10-5-6-13(8-10)15-11(2)12-4-3-7-14-9-12/h3-4,7,9-11,13,15H,5-6,8H2,1-2H3/t10?,11-,13?/m1/s1. The molecule has 0 aliphatic heterocycles. The first-order valence-corrected chi connectivity index (χ1v) is 5.91. The van der Waals surface area contributed by atoms with E-state index < -0.39 is 0 Å². The Kier molecular flexibility index (Phi) is 3.37. The molecule has 0 bridgehead atoms. The largest absolute Gasteiger partial charge is 0.307 e. The van der Waals surface area contributed by atoms with Gasteiger partial charge in [0.25, 0.3) is 0 Å². The first kappa shape index (κ1) is 10.6. The molecular formula is C13H20N2. The van der Waals surface area contributed by atoms with Gasteiger partial charge in [-0.25, -0.2) is 0 Å². The van der Waals surface area contributed by atoms with Crippen molar-refractivity contribution in [3.05, 3.63) is 30.1 Å². The molecule has 2 rings (SSSR count). The molecule has 1 N–H and O–H groups in total. The first-order valence-electron chi connectivity index (χ1n) is 5.91. The monoisotopic (exact) mass is 204 g/mol. The third kappa shape index (κ3) is 2.78. The lowest BCUT2D eigenvalue weighted by Crippen LogP contribution is -2.29. The van der Waals surface area contributed by atoms with E-state index in [1.807, 2.05) is 18.5 Å². The van der Waals surface area contributed by atoms with Crippen molar-refractivity contribution in [3.8, 4) is 0 Å². The number of nitrogens with one attached hydrogen (secondary N) is 1. The van der Waals surface area contributed by atoms with Gasteiger partial charge in [0, 0.05) is 24.5 Å². The van der Waals surface area contributed by atoms with Gasteiger partial charge in [-0.1, -0.05) is 13.0 Å². The molecule has 1 aliphatic carbocycles. The summed E-state index contributed by atoms with van der Waals surface area (Å²) in [6.07, 6.45) is 7.80. The zero-order valence-corrected chi connectivity index (χ0v) is 9.61.